The molecule has 108 valence electrons. The summed E-state index contributed by atoms with van der Waals surface area (Å²) in [6.45, 7) is 0.530. The average molecular weight is 303 g/mol. The summed E-state index contributed by atoms with van der Waals surface area (Å²) in [6.07, 6.45) is 3.49. The first kappa shape index (κ1) is 13.5. The first-order valence-electron chi connectivity index (χ1n) is 6.18. The van der Waals surface area contributed by atoms with E-state index in [4.69, 9.17) is 5.14 Å². The minimum absolute atomic E-state index is 0.102. The highest BCUT2D eigenvalue weighted by Gasteiger charge is 2.06. The van der Waals surface area contributed by atoms with Crippen molar-refractivity contribution in [2.45, 2.75) is 11.4 Å². The molecule has 0 bridgehead atoms. The molecule has 0 aliphatic heterocycles. The molecule has 0 saturated heterocycles. The van der Waals surface area contributed by atoms with Crippen LogP contribution in [0, 0.1) is 0 Å². The highest BCUT2D eigenvalue weighted by Crippen LogP contribution is 2.11. The van der Waals surface area contributed by atoms with Gasteiger partial charge in [0.1, 0.15) is 5.82 Å². The van der Waals surface area contributed by atoms with Crippen molar-refractivity contribution >= 4 is 21.5 Å². The molecular formula is C13H13N5O2S. The zero-order valence-electron chi connectivity index (χ0n) is 11.0. The van der Waals surface area contributed by atoms with Gasteiger partial charge in [-0.2, -0.15) is 5.10 Å². The standard InChI is InChI=1S/C13H13N5O2S/c14-21(19,20)11-3-1-10(2-4-11)9-15-12-6-8-18-13(17-12)5-7-16-18/h1-8H,9H2,(H,15,17)(H2,14,19,20). The summed E-state index contributed by atoms with van der Waals surface area (Å²) < 4.78 is 24.0. The summed E-state index contributed by atoms with van der Waals surface area (Å²) >= 11 is 0. The monoisotopic (exact) mass is 303 g/mol. The molecule has 3 N–H and O–H groups in total. The summed E-state index contributed by atoms with van der Waals surface area (Å²) in [5, 5.41) is 12.3. The number of primary sulfonamides is 1. The Kier molecular flexibility index (Phi) is 3.32. The highest BCUT2D eigenvalue weighted by molar-refractivity contribution is 7.89. The van der Waals surface area contributed by atoms with E-state index in [-0.39, 0.29) is 4.90 Å². The second-order valence-corrected chi connectivity index (χ2v) is 6.05. The normalized spacial score (nSPS) is 11.7. The summed E-state index contributed by atoms with van der Waals surface area (Å²) in [7, 11) is -3.65. The number of hydrogen-bond donors (Lipinski definition) is 2. The molecule has 3 rings (SSSR count). The third-order valence-corrected chi connectivity index (χ3v) is 3.91. The van der Waals surface area contributed by atoms with Crippen molar-refractivity contribution in [1.82, 2.24) is 14.6 Å². The lowest BCUT2D eigenvalue weighted by Crippen LogP contribution is -2.12. The van der Waals surface area contributed by atoms with Gasteiger partial charge in [-0.25, -0.2) is 23.1 Å². The molecule has 0 fully saturated rings. The molecule has 21 heavy (non-hydrogen) atoms. The molecule has 0 aliphatic carbocycles. The highest BCUT2D eigenvalue weighted by atomic mass is 32.2. The van der Waals surface area contributed by atoms with E-state index in [9.17, 15) is 8.42 Å². The molecule has 0 spiro atoms. The Morgan fingerprint density at radius 3 is 2.62 bits per heavy atom. The second kappa shape index (κ2) is 5.15. The lowest BCUT2D eigenvalue weighted by Gasteiger charge is -2.06. The molecule has 0 aliphatic rings. The average Bonchev–Trinajstić information content (AvgIpc) is 2.92. The van der Waals surface area contributed by atoms with E-state index >= 15 is 0 Å². The number of sulfonamides is 1. The Hall–Kier alpha value is -2.45. The van der Waals surface area contributed by atoms with Crippen LogP contribution < -0.4 is 10.5 Å². The maximum atomic E-state index is 11.2. The topological polar surface area (TPSA) is 102 Å². The molecule has 8 heteroatoms. The van der Waals surface area contributed by atoms with Crippen LogP contribution in [0.3, 0.4) is 0 Å². The van der Waals surface area contributed by atoms with E-state index in [2.05, 4.69) is 15.4 Å². The van der Waals surface area contributed by atoms with E-state index < -0.39 is 10.0 Å². The van der Waals surface area contributed by atoms with Gasteiger partial charge in [-0.1, -0.05) is 12.1 Å². The number of benzene rings is 1. The summed E-state index contributed by atoms with van der Waals surface area (Å²) in [6, 6.07) is 10.0. The fourth-order valence-electron chi connectivity index (χ4n) is 1.90. The molecule has 0 unspecified atom stereocenters. The molecule has 3 aromatic rings. The van der Waals surface area contributed by atoms with Crippen LogP contribution in [0.15, 0.2) is 53.7 Å². The maximum absolute atomic E-state index is 11.2. The predicted molar refractivity (Wildman–Crippen MR) is 78.1 cm³/mol. The number of nitrogens with zero attached hydrogens (tertiary/aromatic N) is 3. The van der Waals surface area contributed by atoms with Crippen LogP contribution >= 0.6 is 0 Å². The molecule has 1 aromatic carbocycles. The van der Waals surface area contributed by atoms with Crippen molar-refractivity contribution in [1.29, 1.82) is 0 Å². The number of rotatable bonds is 4. The largest absolute Gasteiger partial charge is 0.366 e. The van der Waals surface area contributed by atoms with Crippen LogP contribution in [0.5, 0.6) is 0 Å². The van der Waals surface area contributed by atoms with E-state index in [0.29, 0.717) is 6.54 Å². The SMILES string of the molecule is NS(=O)(=O)c1ccc(CNc2ccn3nccc3n2)cc1. The summed E-state index contributed by atoms with van der Waals surface area (Å²) in [4.78, 5) is 4.48. The predicted octanol–water partition coefficient (Wildman–Crippen LogP) is 0.989. The van der Waals surface area contributed by atoms with Crippen LogP contribution in [-0.2, 0) is 16.6 Å². The van der Waals surface area contributed by atoms with Crippen LogP contribution in [0.25, 0.3) is 5.65 Å². The number of hydrogen-bond acceptors (Lipinski definition) is 5. The molecule has 0 amide bonds. The summed E-state index contributed by atoms with van der Waals surface area (Å²) in [5.74, 6) is 0.721. The van der Waals surface area contributed by atoms with Crippen molar-refractivity contribution in [2.24, 2.45) is 5.14 Å². The quantitative estimate of drug-likeness (QED) is 0.748. The molecule has 0 atom stereocenters. The van der Waals surface area contributed by atoms with Crippen LogP contribution in [0.2, 0.25) is 0 Å². The fraction of sp³-hybridized carbons (Fsp3) is 0.0769. The smallest absolute Gasteiger partial charge is 0.238 e. The first-order valence-corrected chi connectivity index (χ1v) is 7.73. The van der Waals surface area contributed by atoms with Gasteiger partial charge in [0.2, 0.25) is 10.0 Å². The van der Waals surface area contributed by atoms with Gasteiger partial charge in [-0.05, 0) is 23.8 Å². The minimum Gasteiger partial charge on any atom is -0.366 e. The van der Waals surface area contributed by atoms with Crippen LogP contribution in [0.4, 0.5) is 5.82 Å². The van der Waals surface area contributed by atoms with Gasteiger partial charge >= 0.3 is 0 Å². The second-order valence-electron chi connectivity index (χ2n) is 4.49. The van der Waals surface area contributed by atoms with Crippen molar-refractivity contribution in [3.05, 3.63) is 54.4 Å². The lowest BCUT2D eigenvalue weighted by molar-refractivity contribution is 0.598. The van der Waals surface area contributed by atoms with E-state index in [1.54, 1.807) is 22.8 Å². The van der Waals surface area contributed by atoms with Gasteiger partial charge in [-0.3, -0.25) is 0 Å². The number of nitrogens with two attached hydrogens (primary N) is 1. The lowest BCUT2D eigenvalue weighted by atomic mass is 10.2. The van der Waals surface area contributed by atoms with Gasteiger partial charge in [0.25, 0.3) is 0 Å². The fourth-order valence-corrected chi connectivity index (χ4v) is 2.42. The number of fused-ring (bicyclic) bond motifs is 1. The van der Waals surface area contributed by atoms with E-state index in [1.165, 1.54) is 12.1 Å². The first-order chi connectivity index (χ1) is 10.0. The van der Waals surface area contributed by atoms with Gasteiger partial charge in [0.15, 0.2) is 5.65 Å². The van der Waals surface area contributed by atoms with Crippen LogP contribution in [0.1, 0.15) is 5.56 Å². The Balaban J connectivity index is 1.72. The van der Waals surface area contributed by atoms with Crippen molar-refractivity contribution in [3.8, 4) is 0 Å². The van der Waals surface area contributed by atoms with Crippen molar-refractivity contribution in [3.63, 3.8) is 0 Å². The molecule has 2 aromatic heterocycles. The zero-order chi connectivity index (χ0) is 14.9. The van der Waals surface area contributed by atoms with E-state index in [0.717, 1.165) is 17.0 Å². The van der Waals surface area contributed by atoms with E-state index in [1.807, 2.05) is 18.3 Å². The third-order valence-electron chi connectivity index (χ3n) is 2.98. The zero-order valence-corrected chi connectivity index (χ0v) is 11.8. The van der Waals surface area contributed by atoms with Gasteiger partial charge in [0, 0.05) is 18.8 Å². The number of nitrogens with one attached hydrogen (secondary N) is 1. The number of anilines is 1. The number of aromatic nitrogens is 3. The van der Waals surface area contributed by atoms with Crippen molar-refractivity contribution < 1.29 is 8.42 Å². The third kappa shape index (κ3) is 3.01. The maximum Gasteiger partial charge on any atom is 0.238 e. The minimum atomic E-state index is -3.65. The Bertz CT molecular complexity index is 871. The van der Waals surface area contributed by atoms with Gasteiger partial charge in [0.05, 0.1) is 11.1 Å². The van der Waals surface area contributed by atoms with Gasteiger partial charge < -0.3 is 5.32 Å². The molecular weight excluding hydrogens is 290 g/mol. The van der Waals surface area contributed by atoms with Crippen LogP contribution in [-0.4, -0.2) is 23.0 Å². The van der Waals surface area contributed by atoms with Gasteiger partial charge in [-0.15, -0.1) is 0 Å². The molecule has 0 radical (unpaired) electrons. The summed E-state index contributed by atoms with van der Waals surface area (Å²) in [5.41, 5.74) is 1.68. The van der Waals surface area contributed by atoms with Crippen molar-refractivity contribution in [2.75, 3.05) is 5.32 Å². The molecule has 2 heterocycles. The molecule has 0 saturated carbocycles. The Morgan fingerprint density at radius 1 is 1.14 bits per heavy atom. The Labute approximate surface area is 121 Å². The Morgan fingerprint density at radius 2 is 1.90 bits per heavy atom. The molecule has 7 nitrogen and oxygen atoms in total.